The van der Waals surface area contributed by atoms with Crippen LogP contribution in [0.25, 0.3) is 0 Å². The van der Waals surface area contributed by atoms with Crippen molar-refractivity contribution >= 4 is 0 Å². The summed E-state index contributed by atoms with van der Waals surface area (Å²) >= 11 is 0. The number of nitrogens with one attached hydrogen (secondary N) is 1. The minimum atomic E-state index is 0.272. The molecule has 2 heteroatoms. The molecule has 2 aliphatic carbocycles. The molecule has 13 heavy (non-hydrogen) atoms. The number of rotatable bonds is 4. The maximum atomic E-state index is 9.05. The Bertz CT molecular complexity index is 198. The summed E-state index contributed by atoms with van der Waals surface area (Å²) < 4.78 is 0. The van der Waals surface area contributed by atoms with E-state index in [1.165, 1.54) is 12.8 Å². The van der Waals surface area contributed by atoms with E-state index in [9.17, 15) is 0 Å². The molecule has 0 aromatic heterocycles. The van der Waals surface area contributed by atoms with Crippen LogP contribution in [0.1, 0.15) is 26.2 Å². The van der Waals surface area contributed by atoms with Gasteiger partial charge in [0.05, 0.1) is 6.61 Å². The number of aliphatic hydroxyl groups excluding tert-OH is 1. The van der Waals surface area contributed by atoms with E-state index in [4.69, 9.17) is 5.11 Å². The van der Waals surface area contributed by atoms with Crippen molar-refractivity contribution in [3.05, 3.63) is 12.2 Å². The number of fused-ring (bicyclic) bond motifs is 1. The lowest BCUT2D eigenvalue weighted by molar-refractivity contribution is 0.128. The number of hydrogen-bond acceptors (Lipinski definition) is 2. The van der Waals surface area contributed by atoms with Crippen molar-refractivity contribution in [2.45, 2.75) is 38.3 Å². The minimum Gasteiger partial charge on any atom is -0.395 e. The van der Waals surface area contributed by atoms with Crippen molar-refractivity contribution in [1.29, 1.82) is 0 Å². The smallest absolute Gasteiger partial charge is 0.0584 e. The summed E-state index contributed by atoms with van der Waals surface area (Å²) in [4.78, 5) is 0. The van der Waals surface area contributed by atoms with Gasteiger partial charge in [-0.2, -0.15) is 0 Å². The van der Waals surface area contributed by atoms with Crippen molar-refractivity contribution < 1.29 is 5.11 Å². The molecule has 2 nitrogen and oxygen atoms in total. The van der Waals surface area contributed by atoms with E-state index in [1.807, 2.05) is 0 Å². The third-order valence-electron chi connectivity index (χ3n) is 3.53. The summed E-state index contributed by atoms with van der Waals surface area (Å²) in [5.41, 5.74) is 0. The third-order valence-corrected chi connectivity index (χ3v) is 3.53. The Morgan fingerprint density at radius 2 is 2.46 bits per heavy atom. The maximum Gasteiger partial charge on any atom is 0.0584 e. The molecule has 0 heterocycles. The molecule has 2 rings (SSSR count). The Hall–Kier alpha value is -0.340. The van der Waals surface area contributed by atoms with Crippen LogP contribution in [-0.2, 0) is 0 Å². The van der Waals surface area contributed by atoms with Crippen molar-refractivity contribution in [3.8, 4) is 0 Å². The molecule has 0 amide bonds. The quantitative estimate of drug-likeness (QED) is 0.641. The van der Waals surface area contributed by atoms with Crippen LogP contribution in [-0.4, -0.2) is 23.8 Å². The number of aliphatic hydroxyl groups is 1. The Morgan fingerprint density at radius 1 is 1.62 bits per heavy atom. The fourth-order valence-electron chi connectivity index (χ4n) is 2.51. The zero-order chi connectivity index (χ0) is 9.26. The van der Waals surface area contributed by atoms with Gasteiger partial charge in [-0.05, 0) is 31.1 Å². The predicted molar refractivity (Wildman–Crippen MR) is 53.4 cm³/mol. The first kappa shape index (κ1) is 9.22. The molecule has 0 aromatic carbocycles. The molecule has 0 aliphatic heterocycles. The molecule has 0 radical (unpaired) electrons. The fourth-order valence-corrected chi connectivity index (χ4v) is 2.51. The van der Waals surface area contributed by atoms with Gasteiger partial charge >= 0.3 is 0 Å². The van der Waals surface area contributed by atoms with Crippen LogP contribution in [0.15, 0.2) is 12.2 Å². The van der Waals surface area contributed by atoms with Gasteiger partial charge in [-0.25, -0.2) is 0 Å². The summed E-state index contributed by atoms with van der Waals surface area (Å²) in [6.07, 6.45) is 8.24. The topological polar surface area (TPSA) is 32.3 Å². The van der Waals surface area contributed by atoms with Crippen LogP contribution in [0.2, 0.25) is 0 Å². The lowest BCUT2D eigenvalue weighted by atomic mass is 9.71. The van der Waals surface area contributed by atoms with Crippen molar-refractivity contribution in [3.63, 3.8) is 0 Å². The van der Waals surface area contributed by atoms with Crippen LogP contribution in [0, 0.1) is 11.8 Å². The molecule has 0 aromatic rings. The van der Waals surface area contributed by atoms with Gasteiger partial charge in [0, 0.05) is 12.1 Å². The zero-order valence-electron chi connectivity index (χ0n) is 8.24. The van der Waals surface area contributed by atoms with E-state index in [2.05, 4.69) is 24.4 Å². The largest absolute Gasteiger partial charge is 0.395 e. The molecule has 74 valence electrons. The molecule has 0 bridgehead atoms. The molecule has 1 saturated carbocycles. The van der Waals surface area contributed by atoms with Crippen molar-refractivity contribution in [2.75, 3.05) is 6.61 Å². The summed E-state index contributed by atoms with van der Waals surface area (Å²) in [7, 11) is 0. The Morgan fingerprint density at radius 3 is 3.08 bits per heavy atom. The fraction of sp³-hybridized carbons (Fsp3) is 0.818. The molecule has 2 N–H and O–H groups in total. The molecule has 0 spiro atoms. The second kappa shape index (κ2) is 3.81. The summed E-state index contributed by atoms with van der Waals surface area (Å²) in [5, 5.41) is 12.6. The first-order chi connectivity index (χ1) is 6.35. The summed E-state index contributed by atoms with van der Waals surface area (Å²) in [6.45, 7) is 2.39. The zero-order valence-corrected chi connectivity index (χ0v) is 8.24. The van der Waals surface area contributed by atoms with Crippen LogP contribution in [0.5, 0.6) is 0 Å². The van der Waals surface area contributed by atoms with Crippen molar-refractivity contribution in [2.24, 2.45) is 11.8 Å². The highest BCUT2D eigenvalue weighted by atomic mass is 16.3. The summed E-state index contributed by atoms with van der Waals surface area (Å²) in [5.74, 6) is 1.68. The highest BCUT2D eigenvalue weighted by molar-refractivity contribution is 5.13. The van der Waals surface area contributed by atoms with Gasteiger partial charge in [-0.1, -0.05) is 19.1 Å². The first-order valence-electron chi connectivity index (χ1n) is 5.38. The Kier molecular flexibility index (Phi) is 2.70. The van der Waals surface area contributed by atoms with Gasteiger partial charge in [0.15, 0.2) is 0 Å². The van der Waals surface area contributed by atoms with E-state index in [-0.39, 0.29) is 6.61 Å². The summed E-state index contributed by atoms with van der Waals surface area (Å²) in [6, 6.07) is 0.945. The maximum absolute atomic E-state index is 9.05. The van der Waals surface area contributed by atoms with E-state index >= 15 is 0 Å². The van der Waals surface area contributed by atoms with E-state index in [0.29, 0.717) is 12.1 Å². The van der Waals surface area contributed by atoms with E-state index in [0.717, 1.165) is 18.3 Å². The highest BCUT2D eigenvalue weighted by Gasteiger charge is 2.41. The normalized spacial score (nSPS) is 38.5. The van der Waals surface area contributed by atoms with Crippen LogP contribution in [0.4, 0.5) is 0 Å². The van der Waals surface area contributed by atoms with Crippen LogP contribution in [0.3, 0.4) is 0 Å². The van der Waals surface area contributed by atoms with Crippen LogP contribution >= 0.6 is 0 Å². The number of allylic oxidation sites excluding steroid dienone is 1. The molecule has 3 unspecified atom stereocenters. The van der Waals surface area contributed by atoms with Gasteiger partial charge < -0.3 is 10.4 Å². The second-order valence-corrected chi connectivity index (χ2v) is 4.30. The SMILES string of the molecule is CC[C@H](CO)NC1CC2CC=CC21. The lowest BCUT2D eigenvalue weighted by Crippen LogP contribution is -2.52. The van der Waals surface area contributed by atoms with Crippen molar-refractivity contribution in [1.82, 2.24) is 5.32 Å². The van der Waals surface area contributed by atoms with Crippen LogP contribution < -0.4 is 5.32 Å². The Balaban J connectivity index is 1.80. The highest BCUT2D eigenvalue weighted by Crippen LogP contribution is 2.42. The third kappa shape index (κ3) is 1.65. The molecule has 0 saturated heterocycles. The standard InChI is InChI=1S/C11H19NO/c1-2-9(7-13)12-11-6-8-4-3-5-10(8)11/h3,5,8-13H,2,4,6-7H2,1H3/t8?,9-,10?,11?/m1/s1. The van der Waals surface area contributed by atoms with Gasteiger partial charge in [0.25, 0.3) is 0 Å². The van der Waals surface area contributed by atoms with Gasteiger partial charge in [0.1, 0.15) is 0 Å². The van der Waals surface area contributed by atoms with E-state index in [1.54, 1.807) is 0 Å². The molecular weight excluding hydrogens is 162 g/mol. The van der Waals surface area contributed by atoms with Gasteiger partial charge in [-0.3, -0.25) is 0 Å². The first-order valence-corrected chi connectivity index (χ1v) is 5.38. The molecule has 1 fully saturated rings. The monoisotopic (exact) mass is 181 g/mol. The lowest BCUT2D eigenvalue weighted by Gasteiger charge is -2.42. The predicted octanol–water partition coefficient (Wildman–Crippen LogP) is 1.31. The Labute approximate surface area is 80.0 Å². The van der Waals surface area contributed by atoms with Gasteiger partial charge in [0.2, 0.25) is 0 Å². The second-order valence-electron chi connectivity index (χ2n) is 4.30. The average Bonchev–Trinajstić information content (AvgIpc) is 2.49. The molecule has 4 atom stereocenters. The molecule has 2 aliphatic rings. The average molecular weight is 181 g/mol. The minimum absolute atomic E-state index is 0.272. The number of hydrogen-bond donors (Lipinski definition) is 2. The molecular formula is C11H19NO. The van der Waals surface area contributed by atoms with E-state index < -0.39 is 0 Å². The van der Waals surface area contributed by atoms with Gasteiger partial charge in [-0.15, -0.1) is 0 Å².